The van der Waals surface area contributed by atoms with Crippen LogP contribution in [0.3, 0.4) is 0 Å². The fraction of sp³-hybridized carbons (Fsp3) is 0.913. The number of aliphatic hydroxyl groups excluding tert-OH is 4. The fourth-order valence-corrected chi connectivity index (χ4v) is 1.54. The maximum atomic E-state index is 11.3. The van der Waals surface area contributed by atoms with Crippen LogP contribution in [0.1, 0.15) is 90.5 Å². The summed E-state index contributed by atoms with van der Waals surface area (Å²) in [4.78, 5) is 21.4. The Balaban J connectivity index is -0.0000000309. The van der Waals surface area contributed by atoms with Gasteiger partial charge in [-0.3, -0.25) is 9.59 Å². The summed E-state index contributed by atoms with van der Waals surface area (Å²) in [5, 5.41) is 44.0. The molecule has 0 aliphatic rings. The molecule has 0 fully saturated rings. The van der Waals surface area contributed by atoms with E-state index in [0.29, 0.717) is 6.61 Å². The number of alkyl halides is 1. The number of carbonyl (C=O) groups is 2. The fourth-order valence-electron chi connectivity index (χ4n) is 0.981. The second kappa shape index (κ2) is 41.0. The number of hydrogen-bond donors (Lipinski definition) is 5. The summed E-state index contributed by atoms with van der Waals surface area (Å²) in [7, 11) is 0. The van der Waals surface area contributed by atoms with E-state index >= 15 is 0 Å². The van der Waals surface area contributed by atoms with Gasteiger partial charge < -0.3 is 35.7 Å². The SMILES string of the molecule is C.C.C.C.C.CC(CO)(CO)C(=O)O.CCCCBr.CCCCOC(=O)C(C)(CO)CO.[K+].[OH-]. The van der Waals surface area contributed by atoms with E-state index in [2.05, 4.69) is 22.9 Å². The molecule has 0 rings (SSSR count). The van der Waals surface area contributed by atoms with E-state index in [1.165, 1.54) is 26.7 Å². The van der Waals surface area contributed by atoms with Gasteiger partial charge in [-0.05, 0) is 26.7 Å². The van der Waals surface area contributed by atoms with Crippen LogP contribution in [0.15, 0.2) is 0 Å². The number of ether oxygens (including phenoxy) is 1. The number of halogens is 1. The molecule has 0 aromatic rings. The van der Waals surface area contributed by atoms with Gasteiger partial charge in [-0.15, -0.1) is 0 Å². The first kappa shape index (κ1) is 64.7. The molecule has 0 aromatic carbocycles. The summed E-state index contributed by atoms with van der Waals surface area (Å²) in [5.74, 6) is -1.72. The summed E-state index contributed by atoms with van der Waals surface area (Å²) >= 11 is 3.31. The Kier molecular flexibility index (Phi) is 78.0. The van der Waals surface area contributed by atoms with E-state index in [1.807, 2.05) is 6.92 Å². The van der Waals surface area contributed by atoms with Crippen LogP contribution in [0.25, 0.3) is 0 Å². The molecule has 0 aliphatic carbocycles. The molecule has 0 saturated heterocycles. The quantitative estimate of drug-likeness (QED) is 0.102. The van der Waals surface area contributed by atoms with E-state index in [0.717, 1.165) is 18.2 Å². The first-order chi connectivity index (χ1) is 12.6. The number of carbonyl (C=O) groups excluding carboxylic acids is 1. The summed E-state index contributed by atoms with van der Waals surface area (Å²) in [5.41, 5.74) is -2.55. The van der Waals surface area contributed by atoms with Gasteiger partial charge in [0.2, 0.25) is 0 Å². The van der Waals surface area contributed by atoms with Crippen LogP contribution in [-0.4, -0.2) is 81.3 Å². The van der Waals surface area contributed by atoms with Gasteiger partial charge in [-0.1, -0.05) is 79.8 Å². The Labute approximate surface area is 261 Å². The van der Waals surface area contributed by atoms with E-state index in [4.69, 9.17) is 30.3 Å². The topological polar surface area (TPSA) is 175 Å². The maximum Gasteiger partial charge on any atom is 1.00 e. The van der Waals surface area contributed by atoms with Crippen molar-refractivity contribution in [3.05, 3.63) is 0 Å². The monoisotopic (exact) mass is 596 g/mol. The Bertz CT molecular complexity index is 377. The van der Waals surface area contributed by atoms with Crippen LogP contribution in [0.2, 0.25) is 0 Å². The average Bonchev–Trinajstić information content (AvgIpc) is 2.68. The van der Waals surface area contributed by atoms with Gasteiger partial charge >= 0.3 is 63.3 Å². The summed E-state index contributed by atoms with van der Waals surface area (Å²) in [6.07, 6.45) is 4.35. The van der Waals surface area contributed by atoms with Crippen molar-refractivity contribution in [2.75, 3.05) is 38.4 Å². The normalized spacial score (nSPS) is 8.62. The largest absolute Gasteiger partial charge is 1.00 e. The molecule has 6 N–H and O–H groups in total. The molecular weight excluding hydrogens is 539 g/mol. The molecular formula is C23H58BrKO9. The van der Waals surface area contributed by atoms with Gasteiger partial charge in [-0.25, -0.2) is 0 Å². The van der Waals surface area contributed by atoms with Crippen LogP contribution in [0, 0.1) is 10.8 Å². The number of carboxylic acid groups (broad SMARTS) is 1. The summed E-state index contributed by atoms with van der Waals surface area (Å²) < 4.78 is 4.87. The molecule has 0 bridgehead atoms. The van der Waals surface area contributed by atoms with Crippen molar-refractivity contribution in [1.82, 2.24) is 0 Å². The number of rotatable bonds is 11. The molecule has 0 radical (unpaired) electrons. The summed E-state index contributed by atoms with van der Waals surface area (Å²) in [6.45, 7) is 5.40. The zero-order chi connectivity index (χ0) is 21.9. The molecule has 11 heteroatoms. The Morgan fingerprint density at radius 3 is 1.24 bits per heavy atom. The Morgan fingerprint density at radius 1 is 0.765 bits per heavy atom. The molecule has 0 spiro atoms. The van der Waals surface area contributed by atoms with Crippen LogP contribution >= 0.6 is 15.9 Å². The summed E-state index contributed by atoms with van der Waals surface area (Å²) in [6, 6.07) is 0. The second-order valence-corrected chi connectivity index (χ2v) is 7.38. The number of carboxylic acids is 1. The molecule has 34 heavy (non-hydrogen) atoms. The Hall–Kier alpha value is 0.856. The molecule has 0 heterocycles. The number of aliphatic hydroxyl groups is 4. The molecule has 0 aliphatic heterocycles. The minimum Gasteiger partial charge on any atom is -0.870 e. The first-order valence-electron chi connectivity index (χ1n) is 8.99. The average molecular weight is 598 g/mol. The van der Waals surface area contributed by atoms with Crippen molar-refractivity contribution in [2.24, 2.45) is 10.8 Å². The predicted octanol–water partition coefficient (Wildman–Crippen LogP) is 1.57. The van der Waals surface area contributed by atoms with Crippen molar-refractivity contribution in [2.45, 2.75) is 90.5 Å². The van der Waals surface area contributed by atoms with Crippen LogP contribution in [-0.2, 0) is 14.3 Å². The minimum atomic E-state index is -1.39. The molecule has 9 nitrogen and oxygen atoms in total. The van der Waals surface area contributed by atoms with Gasteiger partial charge in [0, 0.05) is 5.33 Å². The third-order valence-electron chi connectivity index (χ3n) is 3.62. The number of esters is 1. The Morgan fingerprint density at radius 2 is 1.09 bits per heavy atom. The maximum absolute atomic E-state index is 11.3. The standard InChI is InChI=1S/C9H18O4.C5H10O4.C4H9Br.5CH4.K.H2O/c1-3-4-5-13-8(12)9(2,6-10)7-11;1-5(2-6,3-7)4(8)9;1-2-3-4-5;;;;;;;/h10-11H,3-7H2,1-2H3;6-7H,2-3H2,1H3,(H,8,9);2-4H2,1H3;5*1H4;;1H2/q;;;;;;;;+1;/p-1. The van der Waals surface area contributed by atoms with Crippen molar-refractivity contribution in [3.8, 4) is 0 Å². The van der Waals surface area contributed by atoms with Crippen molar-refractivity contribution < 1.29 is 96.7 Å². The van der Waals surface area contributed by atoms with E-state index in [-0.39, 0.29) is 94.0 Å². The smallest absolute Gasteiger partial charge is 0.870 e. The third-order valence-corrected chi connectivity index (χ3v) is 4.18. The van der Waals surface area contributed by atoms with Crippen LogP contribution < -0.4 is 51.4 Å². The number of unbranched alkanes of at least 4 members (excludes halogenated alkanes) is 2. The minimum absolute atomic E-state index is 0. The molecule has 0 saturated carbocycles. The van der Waals surface area contributed by atoms with Gasteiger partial charge in [0.15, 0.2) is 0 Å². The first-order valence-corrected chi connectivity index (χ1v) is 10.1. The molecule has 0 atom stereocenters. The molecule has 0 aromatic heterocycles. The molecule has 212 valence electrons. The van der Waals surface area contributed by atoms with Crippen molar-refractivity contribution in [3.63, 3.8) is 0 Å². The van der Waals surface area contributed by atoms with Crippen LogP contribution in [0.4, 0.5) is 0 Å². The van der Waals surface area contributed by atoms with Gasteiger partial charge in [0.25, 0.3) is 0 Å². The number of hydrogen-bond acceptors (Lipinski definition) is 8. The van der Waals surface area contributed by atoms with Gasteiger partial charge in [0.1, 0.15) is 10.8 Å². The van der Waals surface area contributed by atoms with Crippen molar-refractivity contribution in [1.29, 1.82) is 0 Å². The zero-order valence-corrected chi connectivity index (χ0v) is 23.1. The van der Waals surface area contributed by atoms with E-state index < -0.39 is 49.2 Å². The zero-order valence-electron chi connectivity index (χ0n) is 18.4. The predicted molar refractivity (Wildman–Crippen MR) is 142 cm³/mol. The van der Waals surface area contributed by atoms with E-state index in [9.17, 15) is 9.59 Å². The van der Waals surface area contributed by atoms with Gasteiger partial charge in [0.05, 0.1) is 33.0 Å². The van der Waals surface area contributed by atoms with Gasteiger partial charge in [-0.2, -0.15) is 0 Å². The second-order valence-electron chi connectivity index (χ2n) is 6.59. The number of aliphatic carboxylic acids is 1. The molecule has 0 amide bonds. The third kappa shape index (κ3) is 32.9. The van der Waals surface area contributed by atoms with E-state index in [1.54, 1.807) is 0 Å². The molecule has 0 unspecified atom stereocenters. The van der Waals surface area contributed by atoms with Crippen molar-refractivity contribution >= 4 is 27.9 Å². The van der Waals surface area contributed by atoms with Crippen LogP contribution in [0.5, 0.6) is 0 Å².